The van der Waals surface area contributed by atoms with E-state index in [1.54, 1.807) is 12.5 Å². The molecule has 0 aromatic heterocycles. The zero-order chi connectivity index (χ0) is 16.7. The Morgan fingerprint density at radius 3 is 1.04 bits per heavy atom. The fraction of sp³-hybridized carbons (Fsp3) is 0.0909. The summed E-state index contributed by atoms with van der Waals surface area (Å²) < 4.78 is 9.56. The van der Waals surface area contributed by atoms with Crippen LogP contribution in [-0.4, -0.2) is 17.1 Å². The van der Waals surface area contributed by atoms with Gasteiger partial charge in [0.15, 0.2) is 0 Å². The molecule has 0 fully saturated rings. The van der Waals surface area contributed by atoms with Gasteiger partial charge in [0.1, 0.15) is 0 Å². The second-order valence-electron chi connectivity index (χ2n) is 6.16. The van der Waals surface area contributed by atoms with Crippen LogP contribution in [0.3, 0.4) is 0 Å². The van der Waals surface area contributed by atoms with Crippen LogP contribution in [0.25, 0.3) is 43.1 Å². The standard InChI is InChI=1S/C20H12.C2H6OS/c1-5-13-6-2-11-17-18-12-4-8-14-7-3-10-16(20(14)18)15(9-1)19(13)17;1-4(2)3/h1-12H;1-2H3. The molecule has 0 N–H and O–H groups in total. The van der Waals surface area contributed by atoms with Gasteiger partial charge in [0.05, 0.1) is 12.5 Å². The highest BCUT2D eigenvalue weighted by Gasteiger charge is 2.11. The third kappa shape index (κ3) is 2.39. The molecule has 5 aromatic carbocycles. The molecule has 0 unspecified atom stereocenters. The number of benzene rings is 5. The first-order valence-electron chi connectivity index (χ1n) is 7.96. The van der Waals surface area contributed by atoms with Crippen LogP contribution in [0.15, 0.2) is 72.8 Å². The van der Waals surface area contributed by atoms with Crippen LogP contribution in [0.5, 0.6) is 0 Å². The smallest absolute Gasteiger partial charge is 0.0946 e. The molecule has 24 heavy (non-hydrogen) atoms. The lowest BCUT2D eigenvalue weighted by Gasteiger charge is -2.13. The monoisotopic (exact) mass is 330 g/mol. The summed E-state index contributed by atoms with van der Waals surface area (Å²) in [5, 5.41) is 10.9. The van der Waals surface area contributed by atoms with E-state index >= 15 is 0 Å². The molecular weight excluding hydrogens is 312 g/mol. The first-order chi connectivity index (χ1) is 11.7. The van der Waals surface area contributed by atoms with Gasteiger partial charge >= 0.3 is 0 Å². The maximum absolute atomic E-state index is 9.56. The second-order valence-corrected chi connectivity index (χ2v) is 7.64. The minimum absolute atomic E-state index is 0.611. The lowest BCUT2D eigenvalue weighted by molar-refractivity contribution is 0.606. The van der Waals surface area contributed by atoms with Crippen molar-refractivity contribution in [2.45, 2.75) is 0 Å². The number of hydrogen-bond donors (Lipinski definition) is 0. The SMILES string of the molecule is C[S+](C)[O-].c1cc2cccc3c4cccc5cccc(c(c1)c23)c54. The molecule has 0 heterocycles. The van der Waals surface area contributed by atoms with E-state index in [1.807, 2.05) is 0 Å². The Kier molecular flexibility index (Phi) is 3.79. The molecule has 0 radical (unpaired) electrons. The molecule has 5 rings (SSSR count). The van der Waals surface area contributed by atoms with Gasteiger partial charge in [-0.1, -0.05) is 84.0 Å². The van der Waals surface area contributed by atoms with Crippen molar-refractivity contribution in [1.29, 1.82) is 0 Å². The molecule has 1 nitrogen and oxygen atoms in total. The first kappa shape index (κ1) is 15.3. The maximum Gasteiger partial charge on any atom is 0.0946 e. The fourth-order valence-corrected chi connectivity index (χ4v) is 3.58. The van der Waals surface area contributed by atoms with Gasteiger partial charge in [0, 0.05) is 0 Å². The van der Waals surface area contributed by atoms with E-state index in [-0.39, 0.29) is 0 Å². The summed E-state index contributed by atoms with van der Waals surface area (Å²) in [7, 11) is 0. The predicted molar refractivity (Wildman–Crippen MR) is 108 cm³/mol. The van der Waals surface area contributed by atoms with Crippen LogP contribution in [-0.2, 0) is 11.2 Å². The normalized spacial score (nSPS) is 11.5. The summed E-state index contributed by atoms with van der Waals surface area (Å²) in [5.41, 5.74) is 0. The third-order valence-electron chi connectivity index (χ3n) is 4.39. The molecule has 0 spiro atoms. The van der Waals surface area contributed by atoms with Crippen molar-refractivity contribution in [3.8, 4) is 0 Å². The molecule has 0 aliphatic rings. The summed E-state index contributed by atoms with van der Waals surface area (Å²) in [6.45, 7) is 0. The average Bonchev–Trinajstić information content (AvgIpc) is 2.59. The average molecular weight is 330 g/mol. The molecule has 0 aliphatic carbocycles. The molecule has 5 aromatic rings. The van der Waals surface area contributed by atoms with Crippen molar-refractivity contribution in [2.75, 3.05) is 12.5 Å². The van der Waals surface area contributed by atoms with E-state index in [2.05, 4.69) is 72.8 Å². The topological polar surface area (TPSA) is 23.1 Å². The van der Waals surface area contributed by atoms with Crippen molar-refractivity contribution < 1.29 is 4.55 Å². The molecule has 2 heteroatoms. The van der Waals surface area contributed by atoms with E-state index in [4.69, 9.17) is 0 Å². The van der Waals surface area contributed by atoms with E-state index in [0.29, 0.717) is 0 Å². The van der Waals surface area contributed by atoms with Crippen LogP contribution in [0.1, 0.15) is 0 Å². The molecule has 0 saturated heterocycles. The highest BCUT2D eigenvalue weighted by atomic mass is 32.2. The van der Waals surface area contributed by atoms with E-state index in [9.17, 15) is 4.55 Å². The van der Waals surface area contributed by atoms with Gasteiger partial charge in [-0.05, 0) is 43.1 Å². The first-order valence-corrected chi connectivity index (χ1v) is 9.93. The lowest BCUT2D eigenvalue weighted by Crippen LogP contribution is -1.86. The van der Waals surface area contributed by atoms with E-state index < -0.39 is 11.2 Å². The van der Waals surface area contributed by atoms with Crippen LogP contribution in [0.2, 0.25) is 0 Å². The van der Waals surface area contributed by atoms with Crippen molar-refractivity contribution in [1.82, 2.24) is 0 Å². The minimum Gasteiger partial charge on any atom is -0.617 e. The minimum atomic E-state index is -0.611. The molecule has 0 amide bonds. The van der Waals surface area contributed by atoms with Crippen LogP contribution >= 0.6 is 0 Å². The quantitative estimate of drug-likeness (QED) is 0.202. The van der Waals surface area contributed by atoms with Crippen molar-refractivity contribution in [3.63, 3.8) is 0 Å². The van der Waals surface area contributed by atoms with Gasteiger partial charge < -0.3 is 4.55 Å². The Labute approximate surface area is 144 Å². The second kappa shape index (κ2) is 5.97. The number of hydrogen-bond acceptors (Lipinski definition) is 1. The predicted octanol–water partition coefficient (Wildman–Crippen LogP) is 5.73. The largest absolute Gasteiger partial charge is 0.617 e. The van der Waals surface area contributed by atoms with Gasteiger partial charge in [-0.2, -0.15) is 0 Å². The van der Waals surface area contributed by atoms with Crippen molar-refractivity contribution in [3.05, 3.63) is 72.8 Å². The molecule has 0 atom stereocenters. The summed E-state index contributed by atoms with van der Waals surface area (Å²) in [6, 6.07) is 26.4. The zero-order valence-corrected chi connectivity index (χ0v) is 14.6. The van der Waals surface area contributed by atoms with Crippen LogP contribution in [0, 0.1) is 0 Å². The molecule has 118 valence electrons. The fourth-order valence-electron chi connectivity index (χ4n) is 3.58. The highest BCUT2D eigenvalue weighted by Crippen LogP contribution is 2.39. The van der Waals surface area contributed by atoms with Crippen LogP contribution < -0.4 is 0 Å². The van der Waals surface area contributed by atoms with Crippen molar-refractivity contribution >= 4 is 54.3 Å². The molecule has 0 bridgehead atoms. The Hall–Kier alpha value is -2.29. The lowest BCUT2D eigenvalue weighted by atomic mass is 9.90. The number of rotatable bonds is 0. The third-order valence-corrected chi connectivity index (χ3v) is 4.39. The summed E-state index contributed by atoms with van der Waals surface area (Å²) in [5.74, 6) is 0. The Morgan fingerprint density at radius 1 is 0.542 bits per heavy atom. The van der Waals surface area contributed by atoms with Gasteiger partial charge in [-0.15, -0.1) is 0 Å². The van der Waals surface area contributed by atoms with Gasteiger partial charge in [0.2, 0.25) is 0 Å². The Balaban J connectivity index is 0.000000332. The Bertz CT molecular complexity index is 972. The highest BCUT2D eigenvalue weighted by molar-refractivity contribution is 7.89. The molecular formula is C22H18OS. The Morgan fingerprint density at radius 2 is 0.792 bits per heavy atom. The summed E-state index contributed by atoms with van der Waals surface area (Å²) >= 11 is -0.611. The molecule has 0 saturated carbocycles. The number of fused-ring (bicyclic) bond motifs is 2. The van der Waals surface area contributed by atoms with Gasteiger partial charge in [-0.3, -0.25) is 0 Å². The van der Waals surface area contributed by atoms with E-state index in [1.165, 1.54) is 43.1 Å². The zero-order valence-electron chi connectivity index (χ0n) is 13.7. The van der Waals surface area contributed by atoms with Gasteiger partial charge in [-0.25, -0.2) is 0 Å². The summed E-state index contributed by atoms with van der Waals surface area (Å²) in [4.78, 5) is 0. The maximum atomic E-state index is 9.56. The summed E-state index contributed by atoms with van der Waals surface area (Å²) in [6.07, 6.45) is 3.28. The van der Waals surface area contributed by atoms with E-state index in [0.717, 1.165) is 0 Å². The van der Waals surface area contributed by atoms with Gasteiger partial charge in [0.25, 0.3) is 0 Å². The molecule has 0 aliphatic heterocycles. The van der Waals surface area contributed by atoms with Crippen LogP contribution in [0.4, 0.5) is 0 Å². The van der Waals surface area contributed by atoms with Crippen molar-refractivity contribution in [2.24, 2.45) is 0 Å².